The van der Waals surface area contributed by atoms with Gasteiger partial charge in [-0.25, -0.2) is 8.78 Å². The van der Waals surface area contributed by atoms with E-state index in [-0.39, 0.29) is 71.1 Å². The zero-order valence-electron chi connectivity index (χ0n) is 23.8. The van der Waals surface area contributed by atoms with E-state index in [2.05, 4.69) is 20.2 Å². The van der Waals surface area contributed by atoms with Crippen molar-refractivity contribution in [2.75, 3.05) is 37.7 Å². The summed E-state index contributed by atoms with van der Waals surface area (Å²) in [6, 6.07) is 7.62. The number of phenolic OH excluding ortho intramolecular Hbond substituents is 1. The molecule has 4 fully saturated rings. The van der Waals surface area contributed by atoms with Crippen molar-refractivity contribution in [3.05, 3.63) is 59.8 Å². The summed E-state index contributed by atoms with van der Waals surface area (Å²) in [5.74, 6) is -1.04. The molecule has 6 heterocycles. The number of ether oxygens (including phenoxy) is 1. The van der Waals surface area contributed by atoms with Gasteiger partial charge < -0.3 is 20.1 Å². The fourth-order valence-electron chi connectivity index (χ4n) is 7.70. The van der Waals surface area contributed by atoms with Gasteiger partial charge in [0, 0.05) is 54.4 Å². The number of pyridine rings is 1. The summed E-state index contributed by atoms with van der Waals surface area (Å²) < 4.78 is 64.9. The van der Waals surface area contributed by atoms with E-state index in [9.17, 15) is 13.9 Å². The Hall–Kier alpha value is -4.03. The van der Waals surface area contributed by atoms with Crippen LogP contribution in [0.15, 0.2) is 48.2 Å². The minimum absolute atomic E-state index is 0.0451. The zero-order valence-corrected chi connectivity index (χ0v) is 23.8. The number of hydrogen-bond donors (Lipinski definition) is 2. The maximum Gasteiger partial charge on any atom is 0.319 e. The highest BCUT2D eigenvalue weighted by atomic mass is 19.3. The summed E-state index contributed by atoms with van der Waals surface area (Å²) >= 11 is 0. The summed E-state index contributed by atoms with van der Waals surface area (Å²) in [6.07, 6.45) is 3.67. The van der Waals surface area contributed by atoms with Crippen LogP contribution in [0.5, 0.6) is 11.8 Å². The van der Waals surface area contributed by atoms with Gasteiger partial charge in [0.1, 0.15) is 35.2 Å². The van der Waals surface area contributed by atoms with Gasteiger partial charge in [-0.15, -0.1) is 0 Å². The molecule has 2 aromatic heterocycles. The molecule has 4 aliphatic rings. The van der Waals surface area contributed by atoms with Gasteiger partial charge in [0.05, 0.1) is 10.9 Å². The molecule has 12 heteroatoms. The van der Waals surface area contributed by atoms with Crippen LogP contribution in [0.3, 0.4) is 0 Å². The molecule has 0 aliphatic carbocycles. The SMILES string of the molecule is Oc1cc(-c2ncc3c(N4CC5CCC(C4)N5)nc(OCC45CCCN4CC(=C(F)F)C5)nc3c2F)c2c(F)cccc2c1. The summed E-state index contributed by atoms with van der Waals surface area (Å²) in [4.78, 5) is 17.8. The summed E-state index contributed by atoms with van der Waals surface area (Å²) in [5, 5.41) is 14.9. The van der Waals surface area contributed by atoms with E-state index < -0.39 is 23.3 Å². The smallest absolute Gasteiger partial charge is 0.319 e. The van der Waals surface area contributed by atoms with E-state index in [1.165, 1.54) is 30.5 Å². The third kappa shape index (κ3) is 4.45. The predicted octanol–water partition coefficient (Wildman–Crippen LogP) is 5.54. The number of rotatable bonds is 5. The van der Waals surface area contributed by atoms with Gasteiger partial charge in [-0.05, 0) is 62.2 Å². The highest BCUT2D eigenvalue weighted by Gasteiger charge is 2.48. The molecule has 228 valence electrons. The van der Waals surface area contributed by atoms with Crippen molar-refractivity contribution < 1.29 is 27.4 Å². The van der Waals surface area contributed by atoms with E-state index in [1.807, 2.05) is 4.90 Å². The van der Waals surface area contributed by atoms with Gasteiger partial charge in [-0.3, -0.25) is 9.88 Å². The van der Waals surface area contributed by atoms with Crippen molar-refractivity contribution in [2.24, 2.45) is 0 Å². The fraction of sp³-hybridized carbons (Fsp3) is 0.406. The standard InChI is InChI=1S/C32H30F4N6O2/c33-24-4-1-3-17-9-21(43)10-22(25(17)24)27-26(34)28-23(12-37-27)30(41-14-19-5-6-20(15-41)38-19)40-31(39-28)44-16-32-7-2-8-42(32)13-18(11-32)29(35)36/h1,3-4,9-10,12,19-20,38,43H,2,5-8,11,13-16H2. The Labute approximate surface area is 250 Å². The molecule has 8 rings (SSSR count). The van der Waals surface area contributed by atoms with Gasteiger partial charge in [0.15, 0.2) is 5.82 Å². The first kappa shape index (κ1) is 27.5. The molecule has 44 heavy (non-hydrogen) atoms. The molecule has 4 aromatic rings. The summed E-state index contributed by atoms with van der Waals surface area (Å²) in [7, 11) is 0. The van der Waals surface area contributed by atoms with E-state index in [0.29, 0.717) is 42.6 Å². The average Bonchev–Trinajstić information content (AvgIpc) is 3.67. The minimum Gasteiger partial charge on any atom is -0.508 e. The van der Waals surface area contributed by atoms with Gasteiger partial charge >= 0.3 is 6.01 Å². The lowest BCUT2D eigenvalue weighted by Crippen LogP contribution is -2.51. The van der Waals surface area contributed by atoms with Crippen LogP contribution < -0.4 is 15.0 Å². The average molecular weight is 607 g/mol. The Balaban J connectivity index is 1.25. The number of phenols is 1. The van der Waals surface area contributed by atoms with Crippen LogP contribution in [-0.2, 0) is 0 Å². The molecular formula is C32H30F4N6O2. The predicted molar refractivity (Wildman–Crippen MR) is 157 cm³/mol. The number of halogens is 4. The van der Waals surface area contributed by atoms with Crippen LogP contribution >= 0.6 is 0 Å². The second kappa shape index (κ2) is 10.3. The number of aromatic nitrogens is 3. The van der Waals surface area contributed by atoms with E-state index in [1.54, 1.807) is 6.07 Å². The summed E-state index contributed by atoms with van der Waals surface area (Å²) in [6.45, 7) is 2.32. The van der Waals surface area contributed by atoms with Crippen LogP contribution in [0.1, 0.15) is 32.1 Å². The van der Waals surface area contributed by atoms with Crippen molar-refractivity contribution in [1.82, 2.24) is 25.2 Å². The summed E-state index contributed by atoms with van der Waals surface area (Å²) in [5.41, 5.74) is -0.581. The number of nitrogens with zero attached hydrogens (tertiary/aromatic N) is 5. The Morgan fingerprint density at radius 3 is 2.73 bits per heavy atom. The van der Waals surface area contributed by atoms with Gasteiger partial charge in [0.2, 0.25) is 0 Å². The molecule has 0 spiro atoms. The Morgan fingerprint density at radius 1 is 1.11 bits per heavy atom. The zero-order chi connectivity index (χ0) is 30.2. The Kier molecular flexibility index (Phi) is 6.42. The lowest BCUT2D eigenvalue weighted by Gasteiger charge is -2.34. The Bertz CT molecular complexity index is 1840. The largest absolute Gasteiger partial charge is 0.508 e. The molecule has 2 N–H and O–H groups in total. The highest BCUT2D eigenvalue weighted by Crippen LogP contribution is 2.43. The third-order valence-electron chi connectivity index (χ3n) is 9.73. The highest BCUT2D eigenvalue weighted by molar-refractivity contribution is 6.00. The van der Waals surface area contributed by atoms with Crippen LogP contribution in [0, 0.1) is 11.6 Å². The number of benzene rings is 2. The molecule has 2 aromatic carbocycles. The third-order valence-corrected chi connectivity index (χ3v) is 9.73. The van der Waals surface area contributed by atoms with Gasteiger partial charge in [-0.1, -0.05) is 12.1 Å². The van der Waals surface area contributed by atoms with Crippen LogP contribution in [0.25, 0.3) is 32.9 Å². The number of hydrogen-bond acceptors (Lipinski definition) is 8. The van der Waals surface area contributed by atoms with Crippen LogP contribution in [-0.4, -0.2) is 75.4 Å². The molecule has 2 bridgehead atoms. The first-order valence-corrected chi connectivity index (χ1v) is 15.0. The molecule has 4 aliphatic heterocycles. The normalized spacial score (nSPS) is 24.9. The van der Waals surface area contributed by atoms with Crippen molar-refractivity contribution >= 4 is 27.5 Å². The molecule has 8 nitrogen and oxygen atoms in total. The van der Waals surface area contributed by atoms with E-state index >= 15 is 8.78 Å². The number of piperazine rings is 1. The monoisotopic (exact) mass is 606 g/mol. The Morgan fingerprint density at radius 2 is 1.93 bits per heavy atom. The number of fused-ring (bicyclic) bond motifs is 5. The maximum atomic E-state index is 16.6. The molecule has 3 atom stereocenters. The molecule has 0 saturated carbocycles. The second-order valence-corrected chi connectivity index (χ2v) is 12.5. The molecule has 4 saturated heterocycles. The van der Waals surface area contributed by atoms with Crippen molar-refractivity contribution in [2.45, 2.75) is 49.7 Å². The molecule has 0 radical (unpaired) electrons. The van der Waals surface area contributed by atoms with Crippen molar-refractivity contribution in [3.63, 3.8) is 0 Å². The maximum absolute atomic E-state index is 16.6. The van der Waals surface area contributed by atoms with Gasteiger partial charge in [0.25, 0.3) is 6.08 Å². The first-order chi connectivity index (χ1) is 21.3. The van der Waals surface area contributed by atoms with E-state index in [0.717, 1.165) is 19.3 Å². The van der Waals surface area contributed by atoms with Crippen LogP contribution in [0.2, 0.25) is 0 Å². The second-order valence-electron chi connectivity index (χ2n) is 12.5. The lowest BCUT2D eigenvalue weighted by molar-refractivity contribution is 0.108. The van der Waals surface area contributed by atoms with Crippen molar-refractivity contribution in [1.29, 1.82) is 0 Å². The molecule has 3 unspecified atom stereocenters. The van der Waals surface area contributed by atoms with Gasteiger partial charge in [-0.2, -0.15) is 18.7 Å². The number of anilines is 1. The molecule has 0 amide bonds. The minimum atomic E-state index is -1.64. The topological polar surface area (TPSA) is 86.6 Å². The number of aromatic hydroxyl groups is 1. The molecular weight excluding hydrogens is 576 g/mol. The van der Waals surface area contributed by atoms with Crippen molar-refractivity contribution in [3.8, 4) is 23.0 Å². The first-order valence-electron chi connectivity index (χ1n) is 15.0. The fourth-order valence-corrected chi connectivity index (χ4v) is 7.70. The van der Waals surface area contributed by atoms with Crippen LogP contribution in [0.4, 0.5) is 23.4 Å². The van der Waals surface area contributed by atoms with E-state index in [4.69, 9.17) is 9.72 Å². The lowest BCUT2D eigenvalue weighted by atomic mass is 9.94. The quantitative estimate of drug-likeness (QED) is 0.287. The number of nitrogens with one attached hydrogen (secondary N) is 1.